The van der Waals surface area contributed by atoms with E-state index in [1.165, 1.54) is 17.7 Å². The second-order valence-corrected chi connectivity index (χ2v) is 8.78. The molecule has 0 atom stereocenters. The van der Waals surface area contributed by atoms with Crippen LogP contribution < -0.4 is 0 Å². The fourth-order valence-corrected chi connectivity index (χ4v) is 3.88. The molecule has 0 bridgehead atoms. The molecule has 0 saturated heterocycles. The van der Waals surface area contributed by atoms with Crippen LogP contribution in [0.1, 0.15) is 13.3 Å². The van der Waals surface area contributed by atoms with Gasteiger partial charge in [0.25, 0.3) is 0 Å². The van der Waals surface area contributed by atoms with Crippen molar-refractivity contribution in [2.45, 2.75) is 13.3 Å². The third kappa shape index (κ3) is 7.91. The van der Waals surface area contributed by atoms with Gasteiger partial charge in [-0.15, -0.1) is 0 Å². The highest BCUT2D eigenvalue weighted by atomic mass is 16.4. The van der Waals surface area contributed by atoms with Gasteiger partial charge in [0.05, 0.1) is 22.4 Å². The molecule has 2 aromatic heterocycles. The standard InChI is InChI=1S/2C15H11N.C4H6O3/c2*1-2-6-12(7-3-1)15-11-10-13-8-4-5-9-14(13)16-15;1-3(5)2-4(6)7/h2*1-11H;2H2,1H3,(H,6,7). The van der Waals surface area contributed by atoms with Crippen molar-refractivity contribution >= 4 is 33.6 Å². The predicted octanol–water partition coefficient (Wildman–Crippen LogP) is 7.85. The van der Waals surface area contributed by atoms with Gasteiger partial charge in [-0.1, -0.05) is 109 Å². The Labute approximate surface area is 227 Å². The number of benzene rings is 4. The van der Waals surface area contributed by atoms with Gasteiger partial charge >= 0.3 is 5.97 Å². The monoisotopic (exact) mass is 512 g/mol. The summed E-state index contributed by atoms with van der Waals surface area (Å²) in [6.07, 6.45) is -0.361. The van der Waals surface area contributed by atoms with E-state index in [4.69, 9.17) is 5.11 Å². The van der Waals surface area contributed by atoms with Gasteiger partial charge in [-0.05, 0) is 31.2 Å². The van der Waals surface area contributed by atoms with E-state index in [0.717, 1.165) is 33.5 Å². The Kier molecular flexibility index (Phi) is 9.24. The number of fused-ring (bicyclic) bond motifs is 2. The number of rotatable bonds is 4. The molecule has 0 aliphatic heterocycles. The molecule has 0 radical (unpaired) electrons. The zero-order valence-corrected chi connectivity index (χ0v) is 21.6. The Morgan fingerprint density at radius 1 is 0.538 bits per heavy atom. The second-order valence-electron chi connectivity index (χ2n) is 8.78. The normalized spacial score (nSPS) is 10.1. The summed E-state index contributed by atoms with van der Waals surface area (Å²) in [7, 11) is 0. The van der Waals surface area contributed by atoms with Crippen LogP contribution in [0.5, 0.6) is 0 Å². The topological polar surface area (TPSA) is 80.2 Å². The van der Waals surface area contributed by atoms with Crippen LogP contribution in [0.3, 0.4) is 0 Å². The van der Waals surface area contributed by atoms with Crippen LogP contribution in [0.25, 0.3) is 44.3 Å². The van der Waals surface area contributed by atoms with Gasteiger partial charge in [0.1, 0.15) is 12.2 Å². The molecule has 0 amide bonds. The largest absolute Gasteiger partial charge is 0.481 e. The molecule has 5 nitrogen and oxygen atoms in total. The molecule has 192 valence electrons. The zero-order valence-electron chi connectivity index (χ0n) is 21.6. The minimum atomic E-state index is -1.06. The minimum Gasteiger partial charge on any atom is -0.481 e. The third-order valence-corrected chi connectivity index (χ3v) is 5.74. The number of aliphatic carboxylic acids is 1. The Morgan fingerprint density at radius 3 is 1.28 bits per heavy atom. The first-order valence-electron chi connectivity index (χ1n) is 12.5. The Hall–Kier alpha value is -5.16. The van der Waals surface area contributed by atoms with Crippen LogP contribution in [0.4, 0.5) is 0 Å². The molecule has 6 aromatic rings. The SMILES string of the molecule is CC(=O)CC(=O)O.c1ccc(-c2ccc3ccccc3n2)cc1.c1ccc(-c2ccc3ccccc3n2)cc1. The van der Waals surface area contributed by atoms with E-state index in [2.05, 4.69) is 70.6 Å². The number of para-hydroxylation sites is 2. The highest BCUT2D eigenvalue weighted by Crippen LogP contribution is 2.21. The molecule has 0 unspecified atom stereocenters. The smallest absolute Gasteiger partial charge is 0.310 e. The Morgan fingerprint density at radius 2 is 0.923 bits per heavy atom. The van der Waals surface area contributed by atoms with Crippen LogP contribution in [-0.2, 0) is 9.59 Å². The number of nitrogens with zero attached hydrogens (tertiary/aromatic N) is 2. The van der Waals surface area contributed by atoms with E-state index in [1.807, 2.05) is 72.8 Å². The number of carbonyl (C=O) groups excluding carboxylic acids is 1. The van der Waals surface area contributed by atoms with Crippen molar-refractivity contribution < 1.29 is 14.7 Å². The van der Waals surface area contributed by atoms with E-state index < -0.39 is 5.97 Å². The first-order chi connectivity index (χ1) is 19.0. The quantitative estimate of drug-likeness (QED) is 0.243. The Bertz CT molecular complexity index is 1560. The highest BCUT2D eigenvalue weighted by Gasteiger charge is 2.01. The first kappa shape index (κ1) is 26.9. The van der Waals surface area contributed by atoms with E-state index in [0.29, 0.717) is 0 Å². The van der Waals surface area contributed by atoms with Gasteiger partial charge in [-0.3, -0.25) is 9.59 Å². The number of Topliss-reactive ketones (excluding diaryl/α,β-unsaturated/α-hetero) is 1. The van der Waals surface area contributed by atoms with Crippen molar-refractivity contribution in [1.29, 1.82) is 0 Å². The maximum Gasteiger partial charge on any atom is 0.310 e. The summed E-state index contributed by atoms with van der Waals surface area (Å²) in [5, 5.41) is 10.2. The molecule has 4 aromatic carbocycles. The van der Waals surface area contributed by atoms with Crippen LogP contribution in [0.2, 0.25) is 0 Å². The number of hydrogen-bond acceptors (Lipinski definition) is 4. The van der Waals surface area contributed by atoms with Crippen molar-refractivity contribution in [1.82, 2.24) is 9.97 Å². The summed E-state index contributed by atoms with van der Waals surface area (Å²) in [6, 6.07) is 45.2. The first-order valence-corrected chi connectivity index (χ1v) is 12.5. The zero-order chi connectivity index (χ0) is 27.5. The van der Waals surface area contributed by atoms with Crippen molar-refractivity contribution in [3.8, 4) is 22.5 Å². The molecule has 2 heterocycles. The summed E-state index contributed by atoms with van der Waals surface area (Å²) < 4.78 is 0. The molecular formula is C34H28N2O3. The summed E-state index contributed by atoms with van der Waals surface area (Å²) in [5.41, 5.74) is 6.47. The van der Waals surface area contributed by atoms with Crippen molar-refractivity contribution in [3.63, 3.8) is 0 Å². The lowest BCUT2D eigenvalue weighted by atomic mass is 10.1. The molecular weight excluding hydrogens is 484 g/mol. The van der Waals surface area contributed by atoms with E-state index in [-0.39, 0.29) is 12.2 Å². The van der Waals surface area contributed by atoms with Gasteiger partial charge in [0.2, 0.25) is 0 Å². The molecule has 1 N–H and O–H groups in total. The van der Waals surface area contributed by atoms with Gasteiger partial charge in [0, 0.05) is 21.9 Å². The third-order valence-electron chi connectivity index (χ3n) is 5.74. The number of carboxylic acids is 1. The summed E-state index contributed by atoms with van der Waals surface area (Å²) in [6.45, 7) is 1.24. The molecule has 5 heteroatoms. The van der Waals surface area contributed by atoms with Crippen LogP contribution in [0.15, 0.2) is 133 Å². The number of hydrogen-bond donors (Lipinski definition) is 1. The molecule has 0 aliphatic rings. The van der Waals surface area contributed by atoms with Gasteiger partial charge < -0.3 is 5.11 Å². The summed E-state index contributed by atoms with van der Waals surface area (Å²) in [5.74, 6) is -1.37. The van der Waals surface area contributed by atoms with Crippen LogP contribution in [0, 0.1) is 0 Å². The van der Waals surface area contributed by atoms with E-state index in [9.17, 15) is 9.59 Å². The summed E-state index contributed by atoms with van der Waals surface area (Å²) >= 11 is 0. The molecule has 0 spiro atoms. The Balaban J connectivity index is 0.000000147. The molecule has 0 fully saturated rings. The van der Waals surface area contributed by atoms with Gasteiger partial charge in [-0.25, -0.2) is 9.97 Å². The van der Waals surface area contributed by atoms with Crippen LogP contribution in [-0.4, -0.2) is 26.8 Å². The van der Waals surface area contributed by atoms with Crippen molar-refractivity contribution in [2.24, 2.45) is 0 Å². The summed E-state index contributed by atoms with van der Waals surface area (Å²) in [4.78, 5) is 28.8. The minimum absolute atomic E-state index is 0.312. The lowest BCUT2D eigenvalue weighted by Gasteiger charge is -2.02. The lowest BCUT2D eigenvalue weighted by Crippen LogP contribution is -2.00. The fraction of sp³-hybridized carbons (Fsp3) is 0.0588. The fourth-order valence-electron chi connectivity index (χ4n) is 3.88. The average molecular weight is 513 g/mol. The van der Waals surface area contributed by atoms with Gasteiger partial charge in [-0.2, -0.15) is 0 Å². The van der Waals surface area contributed by atoms with Crippen LogP contribution >= 0.6 is 0 Å². The van der Waals surface area contributed by atoms with Crippen molar-refractivity contribution in [2.75, 3.05) is 0 Å². The van der Waals surface area contributed by atoms with Crippen molar-refractivity contribution in [3.05, 3.63) is 133 Å². The maximum absolute atomic E-state index is 9.87. The molecule has 6 rings (SSSR count). The number of carbonyl (C=O) groups is 2. The average Bonchev–Trinajstić information content (AvgIpc) is 2.97. The van der Waals surface area contributed by atoms with E-state index >= 15 is 0 Å². The molecule has 0 aliphatic carbocycles. The number of pyridine rings is 2. The maximum atomic E-state index is 9.87. The number of carboxylic acid groups (broad SMARTS) is 1. The number of ketones is 1. The predicted molar refractivity (Wildman–Crippen MR) is 157 cm³/mol. The van der Waals surface area contributed by atoms with Gasteiger partial charge in [0.15, 0.2) is 0 Å². The highest BCUT2D eigenvalue weighted by molar-refractivity contribution is 5.93. The number of aromatic nitrogens is 2. The lowest BCUT2D eigenvalue weighted by molar-refractivity contribution is -0.139. The second kappa shape index (κ2) is 13.4. The molecule has 0 saturated carbocycles. The van der Waals surface area contributed by atoms with E-state index in [1.54, 1.807) is 0 Å². The molecule has 39 heavy (non-hydrogen) atoms.